The van der Waals surface area contributed by atoms with Gasteiger partial charge in [-0.25, -0.2) is 12.7 Å². The first-order valence-electron chi connectivity index (χ1n) is 8.07. The molecule has 0 spiro atoms. The van der Waals surface area contributed by atoms with Crippen molar-refractivity contribution in [2.45, 2.75) is 4.90 Å². The van der Waals surface area contributed by atoms with E-state index in [1.165, 1.54) is 39.4 Å². The van der Waals surface area contributed by atoms with Crippen LogP contribution in [0.3, 0.4) is 0 Å². The highest BCUT2D eigenvalue weighted by atomic mass is 32.2. The second-order valence-electron chi connectivity index (χ2n) is 5.75. The average molecular weight is 393 g/mol. The standard InChI is InChI=1S/C18H23N3O5S/c1-21(2)27(23,24)13-9-10-17(26-4)15(11-13)20-18(22)12-19-14-7-5-6-8-16(14)25-3/h5-11,19H,12H2,1-4H3,(H,20,22). The lowest BCUT2D eigenvalue weighted by atomic mass is 10.2. The Balaban J connectivity index is 2.16. The van der Waals surface area contributed by atoms with Gasteiger partial charge in [0.2, 0.25) is 15.9 Å². The number of nitrogens with one attached hydrogen (secondary N) is 2. The smallest absolute Gasteiger partial charge is 0.243 e. The number of hydrogen-bond donors (Lipinski definition) is 2. The number of hydrogen-bond acceptors (Lipinski definition) is 6. The molecule has 0 aliphatic heterocycles. The van der Waals surface area contributed by atoms with Crippen LogP contribution in [0.2, 0.25) is 0 Å². The Morgan fingerprint density at radius 3 is 2.26 bits per heavy atom. The highest BCUT2D eigenvalue weighted by Gasteiger charge is 2.19. The molecule has 2 aromatic carbocycles. The molecule has 9 heteroatoms. The van der Waals surface area contributed by atoms with Crippen molar-refractivity contribution in [3.05, 3.63) is 42.5 Å². The van der Waals surface area contributed by atoms with E-state index in [2.05, 4.69) is 10.6 Å². The van der Waals surface area contributed by atoms with Crippen molar-refractivity contribution in [1.29, 1.82) is 0 Å². The van der Waals surface area contributed by atoms with Gasteiger partial charge in [0.15, 0.2) is 0 Å². The van der Waals surface area contributed by atoms with Gasteiger partial charge >= 0.3 is 0 Å². The quantitative estimate of drug-likeness (QED) is 0.712. The topological polar surface area (TPSA) is 97.0 Å². The Morgan fingerprint density at radius 2 is 1.63 bits per heavy atom. The number of benzene rings is 2. The lowest BCUT2D eigenvalue weighted by molar-refractivity contribution is -0.114. The number of sulfonamides is 1. The summed E-state index contributed by atoms with van der Waals surface area (Å²) in [4.78, 5) is 12.4. The molecule has 0 radical (unpaired) electrons. The Hall–Kier alpha value is -2.78. The van der Waals surface area contributed by atoms with E-state index < -0.39 is 10.0 Å². The molecule has 0 bridgehead atoms. The monoisotopic (exact) mass is 393 g/mol. The number of rotatable bonds is 8. The minimum Gasteiger partial charge on any atom is -0.495 e. The molecule has 0 fully saturated rings. The van der Waals surface area contributed by atoms with E-state index in [1.54, 1.807) is 19.2 Å². The van der Waals surface area contributed by atoms with Crippen molar-refractivity contribution < 1.29 is 22.7 Å². The molecular weight excluding hydrogens is 370 g/mol. The van der Waals surface area contributed by atoms with Crippen LogP contribution in [0.1, 0.15) is 0 Å². The molecule has 2 aromatic rings. The van der Waals surface area contributed by atoms with E-state index in [-0.39, 0.29) is 23.0 Å². The Morgan fingerprint density at radius 1 is 1.00 bits per heavy atom. The Labute approximate surface area is 159 Å². The highest BCUT2D eigenvalue weighted by Crippen LogP contribution is 2.28. The number of nitrogens with zero attached hydrogens (tertiary/aromatic N) is 1. The molecule has 27 heavy (non-hydrogen) atoms. The number of ether oxygens (including phenoxy) is 2. The van der Waals surface area contributed by atoms with Gasteiger partial charge in [0.1, 0.15) is 11.5 Å². The van der Waals surface area contributed by atoms with Gasteiger partial charge in [0, 0.05) is 14.1 Å². The maximum Gasteiger partial charge on any atom is 0.243 e. The second kappa shape index (κ2) is 8.74. The Bertz CT molecular complexity index is 913. The summed E-state index contributed by atoms with van der Waals surface area (Å²) in [5, 5.41) is 5.65. The van der Waals surface area contributed by atoms with Crippen molar-refractivity contribution in [3.8, 4) is 11.5 Å². The largest absolute Gasteiger partial charge is 0.495 e. The summed E-state index contributed by atoms with van der Waals surface area (Å²) in [7, 11) is 2.24. The maximum absolute atomic E-state index is 12.3. The minimum absolute atomic E-state index is 0.0335. The molecule has 2 rings (SSSR count). The summed E-state index contributed by atoms with van der Waals surface area (Å²) in [5.41, 5.74) is 0.943. The lowest BCUT2D eigenvalue weighted by Gasteiger charge is -2.15. The first-order chi connectivity index (χ1) is 12.8. The van der Waals surface area contributed by atoms with Crippen LogP contribution in [0.25, 0.3) is 0 Å². The van der Waals surface area contributed by atoms with Gasteiger partial charge in [-0.3, -0.25) is 4.79 Å². The third-order valence-electron chi connectivity index (χ3n) is 3.77. The van der Waals surface area contributed by atoms with E-state index in [4.69, 9.17) is 9.47 Å². The first-order valence-corrected chi connectivity index (χ1v) is 9.51. The second-order valence-corrected chi connectivity index (χ2v) is 7.90. The fourth-order valence-electron chi connectivity index (χ4n) is 2.32. The summed E-state index contributed by atoms with van der Waals surface area (Å²) in [6.07, 6.45) is 0. The molecule has 0 aliphatic carbocycles. The van der Waals surface area contributed by atoms with E-state index in [1.807, 2.05) is 12.1 Å². The summed E-state index contributed by atoms with van der Waals surface area (Å²) in [6, 6.07) is 11.5. The molecule has 1 amide bonds. The van der Waals surface area contributed by atoms with Gasteiger partial charge in [-0.1, -0.05) is 12.1 Å². The third-order valence-corrected chi connectivity index (χ3v) is 5.58. The Kier molecular flexibility index (Phi) is 6.65. The number of anilines is 2. The maximum atomic E-state index is 12.3. The van der Waals surface area contributed by atoms with Crippen LogP contribution in [-0.4, -0.2) is 53.5 Å². The number of methoxy groups -OCH3 is 2. The molecule has 0 saturated carbocycles. The molecule has 0 heterocycles. The van der Waals surface area contributed by atoms with Crippen LogP contribution in [0.4, 0.5) is 11.4 Å². The van der Waals surface area contributed by atoms with Gasteiger partial charge in [-0.05, 0) is 30.3 Å². The van der Waals surface area contributed by atoms with Crippen molar-refractivity contribution in [1.82, 2.24) is 4.31 Å². The summed E-state index contributed by atoms with van der Waals surface area (Å²) < 4.78 is 36.1. The van der Waals surface area contributed by atoms with Gasteiger partial charge in [-0.2, -0.15) is 0 Å². The van der Waals surface area contributed by atoms with Crippen LogP contribution in [0.15, 0.2) is 47.4 Å². The van der Waals surface area contributed by atoms with Crippen molar-refractivity contribution >= 4 is 27.3 Å². The van der Waals surface area contributed by atoms with Crippen LogP contribution in [-0.2, 0) is 14.8 Å². The molecule has 0 aliphatic rings. The van der Waals surface area contributed by atoms with Crippen molar-refractivity contribution in [2.24, 2.45) is 0 Å². The number of amides is 1. The minimum atomic E-state index is -3.63. The SMILES string of the molecule is COc1ccccc1NCC(=O)Nc1cc(S(=O)(=O)N(C)C)ccc1OC. The molecule has 0 saturated heterocycles. The predicted molar refractivity (Wildman–Crippen MR) is 104 cm³/mol. The van der Waals surface area contributed by atoms with Gasteiger partial charge in [0.25, 0.3) is 0 Å². The molecule has 2 N–H and O–H groups in total. The van der Waals surface area contributed by atoms with E-state index >= 15 is 0 Å². The zero-order valence-electron chi connectivity index (χ0n) is 15.6. The third kappa shape index (κ3) is 4.89. The highest BCUT2D eigenvalue weighted by molar-refractivity contribution is 7.89. The zero-order valence-corrected chi connectivity index (χ0v) is 16.5. The van der Waals surface area contributed by atoms with Crippen molar-refractivity contribution in [3.63, 3.8) is 0 Å². The van der Waals surface area contributed by atoms with Gasteiger partial charge in [-0.15, -0.1) is 0 Å². The number of para-hydroxylation sites is 2. The van der Waals surface area contributed by atoms with E-state index in [0.29, 0.717) is 17.2 Å². The fraction of sp³-hybridized carbons (Fsp3) is 0.278. The fourth-order valence-corrected chi connectivity index (χ4v) is 3.25. The normalized spacial score (nSPS) is 11.1. The van der Waals surface area contributed by atoms with E-state index in [9.17, 15) is 13.2 Å². The zero-order chi connectivity index (χ0) is 20.0. The summed E-state index contributed by atoms with van der Waals surface area (Å²) >= 11 is 0. The van der Waals surface area contributed by atoms with Gasteiger partial charge < -0.3 is 20.1 Å². The summed E-state index contributed by atoms with van der Waals surface area (Å²) in [5.74, 6) is 0.610. The van der Waals surface area contributed by atoms with Crippen LogP contribution < -0.4 is 20.1 Å². The predicted octanol–water partition coefficient (Wildman–Crippen LogP) is 2.00. The van der Waals surface area contributed by atoms with Gasteiger partial charge in [0.05, 0.1) is 37.0 Å². The summed E-state index contributed by atoms with van der Waals surface area (Å²) in [6.45, 7) is -0.0335. The molecule has 0 aromatic heterocycles. The molecule has 8 nitrogen and oxygen atoms in total. The van der Waals surface area contributed by atoms with Crippen LogP contribution in [0.5, 0.6) is 11.5 Å². The van der Waals surface area contributed by atoms with E-state index in [0.717, 1.165) is 4.31 Å². The average Bonchev–Trinajstić information content (AvgIpc) is 2.66. The molecular formula is C18H23N3O5S. The lowest BCUT2D eigenvalue weighted by Crippen LogP contribution is -2.24. The van der Waals surface area contributed by atoms with Crippen molar-refractivity contribution in [2.75, 3.05) is 45.5 Å². The molecule has 146 valence electrons. The first kappa shape index (κ1) is 20.5. The number of carbonyl (C=O) groups is 1. The molecule has 0 atom stereocenters. The van der Waals surface area contributed by atoms with Crippen LogP contribution in [0, 0.1) is 0 Å². The van der Waals surface area contributed by atoms with Crippen LogP contribution >= 0.6 is 0 Å². The molecule has 0 unspecified atom stereocenters. The number of carbonyl (C=O) groups excluding carboxylic acids is 1.